The highest BCUT2D eigenvalue weighted by molar-refractivity contribution is 5.75. The van der Waals surface area contributed by atoms with E-state index in [1.165, 1.54) is 0 Å². The molecule has 0 radical (unpaired) electrons. The number of amides is 1. The number of carbonyl (C=O) groups excluding carboxylic acids is 1. The van der Waals surface area contributed by atoms with Gasteiger partial charge in [-0.2, -0.15) is 0 Å². The Bertz CT molecular complexity index is 142. The Morgan fingerprint density at radius 1 is 1.36 bits per heavy atom. The molecule has 5 nitrogen and oxygen atoms in total. The molecule has 0 spiro atoms. The Morgan fingerprint density at radius 3 is 2.79 bits per heavy atom. The molecule has 0 aliphatic carbocycles. The number of hydrogen-bond donors (Lipinski definition) is 2. The molecule has 84 valence electrons. The normalized spacial score (nSPS) is 10.1. The van der Waals surface area contributed by atoms with Gasteiger partial charge in [-0.05, 0) is 6.42 Å². The first-order valence-electron chi connectivity index (χ1n) is 4.84. The number of ether oxygens (including phenoxy) is 2. The number of nitrogens with two attached hydrogens (primary N) is 1. The summed E-state index contributed by atoms with van der Waals surface area (Å²) in [7, 11) is 1.58. The van der Waals surface area contributed by atoms with Crippen molar-refractivity contribution in [2.45, 2.75) is 12.8 Å². The summed E-state index contributed by atoms with van der Waals surface area (Å²) in [6, 6.07) is 0. The minimum Gasteiger partial charge on any atom is -0.384 e. The van der Waals surface area contributed by atoms with Crippen LogP contribution in [-0.2, 0) is 14.3 Å². The van der Waals surface area contributed by atoms with E-state index in [9.17, 15) is 4.79 Å². The fourth-order valence-electron chi connectivity index (χ4n) is 0.871. The zero-order valence-corrected chi connectivity index (χ0v) is 8.75. The van der Waals surface area contributed by atoms with Crippen LogP contribution in [0.5, 0.6) is 0 Å². The van der Waals surface area contributed by atoms with Gasteiger partial charge in [-0.3, -0.25) is 4.79 Å². The summed E-state index contributed by atoms with van der Waals surface area (Å²) in [5.74, 6) is 0.0191. The van der Waals surface area contributed by atoms with Crippen molar-refractivity contribution < 1.29 is 14.3 Å². The van der Waals surface area contributed by atoms with Gasteiger partial charge in [0.25, 0.3) is 0 Å². The van der Waals surface area contributed by atoms with E-state index in [4.69, 9.17) is 15.2 Å². The van der Waals surface area contributed by atoms with Gasteiger partial charge in [0.2, 0.25) is 5.91 Å². The molecule has 5 heteroatoms. The molecule has 0 heterocycles. The van der Waals surface area contributed by atoms with E-state index in [1.54, 1.807) is 7.11 Å². The summed E-state index contributed by atoms with van der Waals surface area (Å²) in [5.41, 5.74) is 5.24. The van der Waals surface area contributed by atoms with Crippen molar-refractivity contribution in [1.29, 1.82) is 0 Å². The third-order valence-corrected chi connectivity index (χ3v) is 1.58. The van der Waals surface area contributed by atoms with E-state index < -0.39 is 0 Å². The molecule has 3 N–H and O–H groups in total. The van der Waals surface area contributed by atoms with Gasteiger partial charge < -0.3 is 20.5 Å². The number of rotatable bonds is 9. The highest BCUT2D eigenvalue weighted by Crippen LogP contribution is 1.83. The lowest BCUT2D eigenvalue weighted by Crippen LogP contribution is -2.26. The van der Waals surface area contributed by atoms with Gasteiger partial charge in [0.15, 0.2) is 0 Å². The van der Waals surface area contributed by atoms with Crippen molar-refractivity contribution in [3.63, 3.8) is 0 Å². The monoisotopic (exact) mass is 204 g/mol. The van der Waals surface area contributed by atoms with Crippen LogP contribution in [0.2, 0.25) is 0 Å². The van der Waals surface area contributed by atoms with E-state index in [0.717, 1.165) is 6.42 Å². The molecule has 1 amide bonds. The molecule has 0 aliphatic heterocycles. The minimum atomic E-state index is 0.0191. The van der Waals surface area contributed by atoms with Crippen molar-refractivity contribution >= 4 is 5.91 Å². The van der Waals surface area contributed by atoms with Gasteiger partial charge in [-0.1, -0.05) is 0 Å². The van der Waals surface area contributed by atoms with Crippen molar-refractivity contribution in [2.24, 2.45) is 5.73 Å². The second-order valence-corrected chi connectivity index (χ2v) is 2.85. The van der Waals surface area contributed by atoms with Crippen LogP contribution in [0.1, 0.15) is 12.8 Å². The summed E-state index contributed by atoms with van der Waals surface area (Å²) in [4.78, 5) is 11.0. The van der Waals surface area contributed by atoms with Crippen LogP contribution >= 0.6 is 0 Å². The third-order valence-electron chi connectivity index (χ3n) is 1.58. The molecule has 0 saturated carbocycles. The van der Waals surface area contributed by atoms with E-state index in [-0.39, 0.29) is 5.91 Å². The van der Waals surface area contributed by atoms with Crippen molar-refractivity contribution in [3.8, 4) is 0 Å². The summed E-state index contributed by atoms with van der Waals surface area (Å²) in [5, 5.41) is 2.76. The van der Waals surface area contributed by atoms with Crippen molar-refractivity contribution in [1.82, 2.24) is 5.32 Å². The Kier molecular flexibility index (Phi) is 9.95. The smallest absolute Gasteiger partial charge is 0.222 e. The standard InChI is InChI=1S/C9H20N2O3/c1-13-7-3-9(12)11-5-2-6-14-8-4-10/h2-8,10H2,1H3,(H,11,12). The van der Waals surface area contributed by atoms with Gasteiger partial charge in [-0.15, -0.1) is 0 Å². The highest BCUT2D eigenvalue weighted by atomic mass is 16.5. The molecule has 0 unspecified atom stereocenters. The summed E-state index contributed by atoms with van der Waals surface area (Å²) < 4.78 is 9.92. The van der Waals surface area contributed by atoms with Gasteiger partial charge in [0.1, 0.15) is 0 Å². The first-order valence-corrected chi connectivity index (χ1v) is 4.84. The molecular weight excluding hydrogens is 184 g/mol. The van der Waals surface area contributed by atoms with Gasteiger partial charge >= 0.3 is 0 Å². The van der Waals surface area contributed by atoms with Crippen LogP contribution in [0.4, 0.5) is 0 Å². The van der Waals surface area contributed by atoms with Crippen molar-refractivity contribution in [2.75, 3.05) is 40.0 Å². The SMILES string of the molecule is COCCC(=O)NCCCOCCN. The van der Waals surface area contributed by atoms with Crippen LogP contribution in [-0.4, -0.2) is 45.9 Å². The molecular formula is C9H20N2O3. The average Bonchev–Trinajstić information content (AvgIpc) is 2.20. The Labute approximate surface area is 84.9 Å². The lowest BCUT2D eigenvalue weighted by molar-refractivity contribution is -0.121. The van der Waals surface area contributed by atoms with Crippen LogP contribution in [0, 0.1) is 0 Å². The number of hydrogen-bond acceptors (Lipinski definition) is 4. The number of carbonyl (C=O) groups is 1. The zero-order valence-electron chi connectivity index (χ0n) is 8.75. The van der Waals surface area contributed by atoms with Crippen LogP contribution in [0.15, 0.2) is 0 Å². The van der Waals surface area contributed by atoms with E-state index in [1.807, 2.05) is 0 Å². The number of methoxy groups -OCH3 is 1. The Balaban J connectivity index is 3.07. The second kappa shape index (κ2) is 10.4. The molecule has 0 atom stereocenters. The molecule has 0 aromatic heterocycles. The summed E-state index contributed by atoms with van der Waals surface area (Å²) >= 11 is 0. The largest absolute Gasteiger partial charge is 0.384 e. The maximum absolute atomic E-state index is 11.0. The quantitative estimate of drug-likeness (QED) is 0.497. The first kappa shape index (κ1) is 13.4. The van der Waals surface area contributed by atoms with E-state index in [0.29, 0.717) is 39.3 Å². The van der Waals surface area contributed by atoms with Crippen LogP contribution in [0.3, 0.4) is 0 Å². The van der Waals surface area contributed by atoms with E-state index in [2.05, 4.69) is 5.32 Å². The fraction of sp³-hybridized carbons (Fsp3) is 0.889. The summed E-state index contributed by atoms with van der Waals surface area (Å²) in [6.45, 7) is 2.88. The molecule has 0 rings (SSSR count). The zero-order chi connectivity index (χ0) is 10.6. The molecule has 0 saturated heterocycles. The molecule has 0 aromatic carbocycles. The van der Waals surface area contributed by atoms with Gasteiger partial charge in [0.05, 0.1) is 13.2 Å². The highest BCUT2D eigenvalue weighted by Gasteiger charge is 1.98. The maximum Gasteiger partial charge on any atom is 0.222 e. The summed E-state index contributed by atoms with van der Waals surface area (Å²) in [6.07, 6.45) is 1.23. The predicted molar refractivity (Wildman–Crippen MR) is 54.0 cm³/mol. The van der Waals surface area contributed by atoms with E-state index >= 15 is 0 Å². The lowest BCUT2D eigenvalue weighted by atomic mass is 10.4. The van der Waals surface area contributed by atoms with Gasteiger partial charge in [-0.25, -0.2) is 0 Å². The lowest BCUT2D eigenvalue weighted by Gasteiger charge is -2.05. The van der Waals surface area contributed by atoms with Crippen LogP contribution < -0.4 is 11.1 Å². The van der Waals surface area contributed by atoms with Crippen LogP contribution in [0.25, 0.3) is 0 Å². The Morgan fingerprint density at radius 2 is 2.14 bits per heavy atom. The maximum atomic E-state index is 11.0. The fourth-order valence-corrected chi connectivity index (χ4v) is 0.871. The van der Waals surface area contributed by atoms with Crippen molar-refractivity contribution in [3.05, 3.63) is 0 Å². The first-order chi connectivity index (χ1) is 6.81. The molecule has 0 aromatic rings. The predicted octanol–water partition coefficient (Wildman–Crippen LogP) is -0.495. The molecule has 0 aliphatic rings. The minimum absolute atomic E-state index is 0.0191. The molecule has 0 fully saturated rings. The Hall–Kier alpha value is -0.650. The topological polar surface area (TPSA) is 73.6 Å². The molecule has 0 bridgehead atoms. The third kappa shape index (κ3) is 9.44. The number of nitrogens with one attached hydrogen (secondary N) is 1. The average molecular weight is 204 g/mol. The van der Waals surface area contributed by atoms with Gasteiger partial charge in [0, 0.05) is 33.2 Å². The molecule has 14 heavy (non-hydrogen) atoms. The second-order valence-electron chi connectivity index (χ2n) is 2.85.